The molecule has 0 atom stereocenters. The summed E-state index contributed by atoms with van der Waals surface area (Å²) in [4.78, 5) is 0. The molecule has 1 aliphatic rings. The van der Waals surface area contributed by atoms with E-state index in [0.717, 1.165) is 6.61 Å². The van der Waals surface area contributed by atoms with E-state index in [4.69, 9.17) is 3.07 Å². The van der Waals surface area contributed by atoms with Crippen LogP contribution >= 0.6 is 0 Å². The Labute approximate surface area is 288 Å². The molecule has 243 valence electrons. The SMILES string of the molecule is CC(C)c1cc(C(C)C)[c]([Sn]([O]CC2c3ccccc3-c3ccccc32)[c]2c(C(C)C)cc(C(C)C)cc2C(C)C)c(C(C)C)c1. The minimum absolute atomic E-state index is 0.253. The van der Waals surface area contributed by atoms with Crippen LogP contribution in [0.1, 0.15) is 169 Å². The molecule has 46 heavy (non-hydrogen) atoms. The number of benzene rings is 4. The average molecular weight is 721 g/mol. The fourth-order valence-electron chi connectivity index (χ4n) is 7.31. The van der Waals surface area contributed by atoms with Crippen molar-refractivity contribution in [3.63, 3.8) is 0 Å². The van der Waals surface area contributed by atoms with E-state index >= 15 is 0 Å². The number of hydrogen-bond donors (Lipinski definition) is 0. The fraction of sp³-hybridized carbons (Fsp3) is 0.455. The maximum atomic E-state index is 7.77. The van der Waals surface area contributed by atoms with Gasteiger partial charge >= 0.3 is 290 Å². The van der Waals surface area contributed by atoms with Gasteiger partial charge in [0.25, 0.3) is 0 Å². The molecular weight excluding hydrogens is 663 g/mol. The van der Waals surface area contributed by atoms with Crippen LogP contribution in [-0.2, 0) is 3.07 Å². The van der Waals surface area contributed by atoms with Gasteiger partial charge in [0.05, 0.1) is 0 Å². The second-order valence-electron chi connectivity index (χ2n) is 15.4. The molecule has 1 nitrogen and oxygen atoms in total. The molecule has 0 aliphatic heterocycles. The molecule has 0 saturated heterocycles. The van der Waals surface area contributed by atoms with E-state index in [1.807, 2.05) is 0 Å². The van der Waals surface area contributed by atoms with E-state index in [2.05, 4.69) is 156 Å². The number of rotatable bonds is 11. The van der Waals surface area contributed by atoms with Gasteiger partial charge in [-0.25, -0.2) is 0 Å². The van der Waals surface area contributed by atoms with Gasteiger partial charge in [0.2, 0.25) is 0 Å². The first-order valence-electron chi connectivity index (χ1n) is 17.9. The van der Waals surface area contributed by atoms with Crippen molar-refractivity contribution in [1.82, 2.24) is 0 Å². The van der Waals surface area contributed by atoms with Crippen molar-refractivity contribution in [1.29, 1.82) is 0 Å². The molecular formula is C44H57OSn. The molecule has 4 aromatic rings. The third kappa shape index (κ3) is 6.79. The zero-order valence-electron chi connectivity index (χ0n) is 30.6. The standard InChI is InChI=1S/2C15H23.C14H11O.Sn/c2*1-10(2)13-7-14(11(3)4)9-15(8-13)12(5)6;15-9-14-12-7-3-1-5-10(12)11-6-2-4-8-13(11)14;/h2*7-8,10-12H,1-6H3;1-8,14H,9H2;/q;;-1;+1. The van der Waals surface area contributed by atoms with E-state index in [-0.39, 0.29) is 5.92 Å². The van der Waals surface area contributed by atoms with Crippen molar-refractivity contribution in [2.45, 2.75) is 125 Å². The van der Waals surface area contributed by atoms with Crippen LogP contribution in [0.15, 0.2) is 72.8 Å². The summed E-state index contributed by atoms with van der Waals surface area (Å²) in [6, 6.07) is 28.2. The predicted molar refractivity (Wildman–Crippen MR) is 202 cm³/mol. The summed E-state index contributed by atoms with van der Waals surface area (Å²) < 4.78 is 11.0. The monoisotopic (exact) mass is 721 g/mol. The molecule has 0 bridgehead atoms. The molecule has 4 aromatic carbocycles. The average Bonchev–Trinajstić information content (AvgIpc) is 3.33. The summed E-state index contributed by atoms with van der Waals surface area (Å²) >= 11 is -3.08. The van der Waals surface area contributed by atoms with Crippen molar-refractivity contribution in [3.05, 3.63) is 117 Å². The van der Waals surface area contributed by atoms with Gasteiger partial charge in [0.15, 0.2) is 0 Å². The fourth-order valence-corrected chi connectivity index (χ4v) is 16.9. The molecule has 0 spiro atoms. The van der Waals surface area contributed by atoms with Crippen molar-refractivity contribution < 1.29 is 3.07 Å². The molecule has 0 fully saturated rings. The molecule has 0 N–H and O–H groups in total. The van der Waals surface area contributed by atoms with Crippen molar-refractivity contribution >= 4 is 27.3 Å². The Hall–Kier alpha value is -2.36. The zero-order chi connectivity index (χ0) is 33.4. The molecule has 1 radical (unpaired) electrons. The van der Waals surface area contributed by atoms with Gasteiger partial charge < -0.3 is 0 Å². The summed E-state index contributed by atoms with van der Waals surface area (Å²) in [7, 11) is 0. The molecule has 0 heterocycles. The molecule has 2 heteroatoms. The zero-order valence-corrected chi connectivity index (χ0v) is 33.4. The molecule has 0 amide bonds. The third-order valence-corrected chi connectivity index (χ3v) is 17.3. The summed E-state index contributed by atoms with van der Waals surface area (Å²) in [5.41, 5.74) is 14.6. The predicted octanol–water partition coefficient (Wildman–Crippen LogP) is 11.4. The molecule has 0 unspecified atom stereocenters. The van der Waals surface area contributed by atoms with Crippen LogP contribution in [0.2, 0.25) is 0 Å². The van der Waals surface area contributed by atoms with Gasteiger partial charge in [-0.05, 0) is 0 Å². The van der Waals surface area contributed by atoms with Crippen LogP contribution in [0.25, 0.3) is 11.1 Å². The Balaban J connectivity index is 1.80. The minimum atomic E-state index is -3.08. The normalized spacial score (nSPS) is 13.4. The van der Waals surface area contributed by atoms with E-state index in [1.54, 1.807) is 7.16 Å². The quantitative estimate of drug-likeness (QED) is 0.140. The van der Waals surface area contributed by atoms with Gasteiger partial charge in [0.1, 0.15) is 0 Å². The Kier molecular flexibility index (Phi) is 10.9. The van der Waals surface area contributed by atoms with Crippen molar-refractivity contribution in [3.8, 4) is 11.1 Å². The van der Waals surface area contributed by atoms with Gasteiger partial charge in [-0.3, -0.25) is 0 Å². The van der Waals surface area contributed by atoms with E-state index in [1.165, 1.54) is 55.6 Å². The van der Waals surface area contributed by atoms with Crippen LogP contribution in [0.5, 0.6) is 0 Å². The molecule has 0 saturated carbocycles. The van der Waals surface area contributed by atoms with Crippen LogP contribution in [0, 0.1) is 0 Å². The van der Waals surface area contributed by atoms with Crippen molar-refractivity contribution in [2.24, 2.45) is 0 Å². The number of fused-ring (bicyclic) bond motifs is 3. The molecule has 5 rings (SSSR count). The molecule has 1 aliphatic carbocycles. The van der Waals surface area contributed by atoms with E-state index in [0.29, 0.717) is 35.5 Å². The Morgan fingerprint density at radius 1 is 0.478 bits per heavy atom. The van der Waals surface area contributed by atoms with E-state index < -0.39 is 20.2 Å². The van der Waals surface area contributed by atoms with Gasteiger partial charge in [-0.1, -0.05) is 0 Å². The van der Waals surface area contributed by atoms with Gasteiger partial charge in [-0.2, -0.15) is 0 Å². The summed E-state index contributed by atoms with van der Waals surface area (Å²) in [5, 5.41) is 0. The number of hydrogen-bond acceptors (Lipinski definition) is 1. The van der Waals surface area contributed by atoms with E-state index in [9.17, 15) is 0 Å². The Bertz CT molecular complexity index is 1490. The molecule has 0 aromatic heterocycles. The van der Waals surface area contributed by atoms with Gasteiger partial charge in [0, 0.05) is 0 Å². The summed E-state index contributed by atoms with van der Waals surface area (Å²) in [5.74, 6) is 2.95. The second kappa shape index (κ2) is 14.4. The van der Waals surface area contributed by atoms with Crippen molar-refractivity contribution in [2.75, 3.05) is 6.61 Å². The maximum absolute atomic E-state index is 7.77. The third-order valence-electron chi connectivity index (χ3n) is 10.1. The summed E-state index contributed by atoms with van der Waals surface area (Å²) in [6.07, 6.45) is 0. The topological polar surface area (TPSA) is 9.23 Å². The first-order valence-corrected chi connectivity index (χ1v) is 21.9. The van der Waals surface area contributed by atoms with Gasteiger partial charge in [-0.15, -0.1) is 0 Å². The Morgan fingerprint density at radius 2 is 0.804 bits per heavy atom. The van der Waals surface area contributed by atoms with Crippen LogP contribution in [0.4, 0.5) is 0 Å². The first-order chi connectivity index (χ1) is 21.8. The summed E-state index contributed by atoms with van der Waals surface area (Å²) in [6.45, 7) is 29.2. The van der Waals surface area contributed by atoms with Crippen LogP contribution < -0.4 is 7.16 Å². The van der Waals surface area contributed by atoms with Crippen LogP contribution in [-0.4, -0.2) is 26.8 Å². The Morgan fingerprint density at radius 3 is 1.11 bits per heavy atom. The van der Waals surface area contributed by atoms with Crippen LogP contribution in [0.3, 0.4) is 0 Å². The first kappa shape index (κ1) is 35.0. The second-order valence-corrected chi connectivity index (χ2v) is 21.0.